The molecule has 1 aliphatic heterocycles. The minimum absolute atomic E-state index is 0.192. The number of carbonyl (C=O) groups excluding carboxylic acids is 1. The first-order chi connectivity index (χ1) is 8.59. The van der Waals surface area contributed by atoms with Crippen LogP contribution in [0.4, 0.5) is 0 Å². The van der Waals surface area contributed by atoms with Crippen molar-refractivity contribution in [1.82, 2.24) is 4.90 Å². The third-order valence-electron chi connectivity index (χ3n) is 3.97. The average Bonchev–Trinajstić information content (AvgIpc) is 3.03. The molecule has 1 unspecified atom stereocenters. The maximum Gasteiger partial charge on any atom is 0.223 e. The van der Waals surface area contributed by atoms with E-state index in [9.17, 15) is 4.79 Å². The van der Waals surface area contributed by atoms with Crippen LogP contribution in [0.3, 0.4) is 0 Å². The molecule has 0 N–H and O–H groups in total. The number of carbonyl (C=O) groups is 1. The van der Waals surface area contributed by atoms with Gasteiger partial charge in [0.2, 0.25) is 5.91 Å². The van der Waals surface area contributed by atoms with Crippen molar-refractivity contribution in [3.8, 4) is 0 Å². The largest absolute Gasteiger partial charge is 0.341 e. The quantitative estimate of drug-likeness (QED) is 0.779. The minimum atomic E-state index is 0.192. The number of hydrogen-bond acceptors (Lipinski definition) is 1. The minimum Gasteiger partial charge on any atom is -0.341 e. The molecule has 1 atom stereocenters. The molecule has 0 spiro atoms. The van der Waals surface area contributed by atoms with Gasteiger partial charge in [-0.2, -0.15) is 0 Å². The number of hydrogen-bond donors (Lipinski definition) is 0. The summed E-state index contributed by atoms with van der Waals surface area (Å²) in [6, 6.07) is 8.08. The Morgan fingerprint density at radius 3 is 2.50 bits per heavy atom. The molecule has 1 saturated heterocycles. The Morgan fingerprint density at radius 1 is 1.33 bits per heavy atom. The van der Waals surface area contributed by atoms with E-state index in [4.69, 9.17) is 11.6 Å². The highest BCUT2D eigenvalue weighted by atomic mass is 79.9. The van der Waals surface area contributed by atoms with E-state index in [1.807, 2.05) is 17.0 Å². The lowest BCUT2D eigenvalue weighted by Crippen LogP contribution is -2.33. The number of rotatable bonds is 3. The predicted octanol–water partition coefficient (Wildman–Crippen LogP) is 3.37. The van der Waals surface area contributed by atoms with E-state index in [0.29, 0.717) is 11.2 Å². The Hall–Kier alpha value is -0.540. The summed E-state index contributed by atoms with van der Waals surface area (Å²) in [5.41, 5.74) is 1.51. The van der Waals surface area contributed by atoms with Gasteiger partial charge in [-0.05, 0) is 30.5 Å². The van der Waals surface area contributed by atoms with Gasteiger partial charge in [-0.15, -0.1) is 0 Å². The van der Waals surface area contributed by atoms with Gasteiger partial charge in [0.1, 0.15) is 0 Å². The van der Waals surface area contributed by atoms with Crippen LogP contribution in [0.15, 0.2) is 24.3 Å². The van der Waals surface area contributed by atoms with E-state index in [-0.39, 0.29) is 11.3 Å². The van der Waals surface area contributed by atoms with Gasteiger partial charge in [0.05, 0.1) is 0 Å². The van der Waals surface area contributed by atoms with Gasteiger partial charge >= 0.3 is 0 Å². The van der Waals surface area contributed by atoms with Crippen molar-refractivity contribution in [3.63, 3.8) is 0 Å². The van der Waals surface area contributed by atoms with Gasteiger partial charge in [0, 0.05) is 34.8 Å². The fourth-order valence-electron chi connectivity index (χ4n) is 2.73. The molecule has 18 heavy (non-hydrogen) atoms. The van der Waals surface area contributed by atoms with Crippen LogP contribution in [0.1, 0.15) is 24.8 Å². The summed E-state index contributed by atoms with van der Waals surface area (Å²) in [7, 11) is 0. The van der Waals surface area contributed by atoms with Crippen molar-refractivity contribution in [3.05, 3.63) is 34.9 Å². The Bertz CT molecular complexity index is 469. The van der Waals surface area contributed by atoms with Crippen LogP contribution in [0, 0.1) is 0 Å². The summed E-state index contributed by atoms with van der Waals surface area (Å²) in [5, 5.41) is 0.771. The zero-order valence-electron chi connectivity index (χ0n) is 10.0. The number of benzene rings is 1. The lowest BCUT2D eigenvalue weighted by molar-refractivity contribution is -0.128. The number of alkyl halides is 1. The molecule has 0 bridgehead atoms. The Balaban J connectivity index is 1.76. The van der Waals surface area contributed by atoms with Crippen molar-refractivity contribution < 1.29 is 4.79 Å². The van der Waals surface area contributed by atoms with E-state index in [1.54, 1.807) is 0 Å². The Labute approximate surface area is 120 Å². The smallest absolute Gasteiger partial charge is 0.223 e. The highest BCUT2D eigenvalue weighted by molar-refractivity contribution is 9.09. The normalized spacial score (nSPS) is 25.6. The summed E-state index contributed by atoms with van der Waals surface area (Å²) in [6.07, 6.45) is 2.98. The third kappa shape index (κ3) is 2.30. The summed E-state index contributed by atoms with van der Waals surface area (Å²) >= 11 is 9.46. The van der Waals surface area contributed by atoms with E-state index < -0.39 is 0 Å². The molecular formula is C14H15BrClNO. The molecule has 1 aromatic rings. The molecule has 1 heterocycles. The fourth-order valence-corrected chi connectivity index (χ4v) is 3.49. The fraction of sp³-hybridized carbons (Fsp3) is 0.500. The lowest BCUT2D eigenvalue weighted by Gasteiger charge is -2.24. The Morgan fingerprint density at radius 2 is 2.00 bits per heavy atom. The highest BCUT2D eigenvalue weighted by Gasteiger charge is 2.47. The standard InChI is InChI=1S/C14H15BrClNO/c15-11-7-13(18)17(8-11)9-14(5-6-14)10-1-3-12(16)4-2-10/h1-4,11H,5-9H2. The maximum absolute atomic E-state index is 11.9. The van der Waals surface area contributed by atoms with Crippen LogP contribution in [0.25, 0.3) is 0 Å². The second kappa shape index (κ2) is 4.53. The van der Waals surface area contributed by atoms with Crippen LogP contribution in [-0.4, -0.2) is 28.7 Å². The second-order valence-corrected chi connectivity index (χ2v) is 7.09. The SMILES string of the molecule is O=C1CC(Br)CN1CC1(c2ccc(Cl)cc2)CC1. The predicted molar refractivity (Wildman–Crippen MR) is 76.3 cm³/mol. The van der Waals surface area contributed by atoms with Crippen molar-refractivity contribution in [2.24, 2.45) is 0 Å². The molecule has 0 aromatic heterocycles. The van der Waals surface area contributed by atoms with Crippen molar-refractivity contribution >= 4 is 33.4 Å². The first-order valence-corrected chi connectivity index (χ1v) is 7.56. The van der Waals surface area contributed by atoms with Crippen molar-refractivity contribution in [1.29, 1.82) is 0 Å². The van der Waals surface area contributed by atoms with E-state index in [2.05, 4.69) is 28.1 Å². The lowest BCUT2D eigenvalue weighted by atomic mass is 9.95. The van der Waals surface area contributed by atoms with Gasteiger partial charge < -0.3 is 4.90 Å². The second-order valence-electron chi connectivity index (χ2n) is 5.36. The van der Waals surface area contributed by atoms with Crippen molar-refractivity contribution in [2.45, 2.75) is 29.5 Å². The number of likely N-dealkylation sites (tertiary alicyclic amines) is 1. The van der Waals surface area contributed by atoms with Crippen LogP contribution in [0.5, 0.6) is 0 Å². The van der Waals surface area contributed by atoms with Gasteiger partial charge in [-0.1, -0.05) is 39.7 Å². The third-order valence-corrected chi connectivity index (χ3v) is 4.84. The number of nitrogens with zero attached hydrogens (tertiary/aromatic N) is 1. The molecular weight excluding hydrogens is 314 g/mol. The molecule has 3 rings (SSSR count). The Kier molecular flexibility index (Phi) is 3.15. The molecule has 2 nitrogen and oxygen atoms in total. The van der Waals surface area contributed by atoms with E-state index in [0.717, 1.165) is 18.1 Å². The molecule has 1 aromatic carbocycles. The van der Waals surface area contributed by atoms with Crippen LogP contribution in [-0.2, 0) is 10.2 Å². The maximum atomic E-state index is 11.9. The summed E-state index contributed by atoms with van der Waals surface area (Å²) in [6.45, 7) is 1.70. The van der Waals surface area contributed by atoms with Crippen molar-refractivity contribution in [2.75, 3.05) is 13.1 Å². The van der Waals surface area contributed by atoms with Gasteiger partial charge in [-0.3, -0.25) is 4.79 Å². The first-order valence-electron chi connectivity index (χ1n) is 6.27. The molecule has 1 aliphatic carbocycles. The molecule has 1 saturated carbocycles. The molecule has 4 heteroatoms. The van der Waals surface area contributed by atoms with E-state index >= 15 is 0 Å². The topological polar surface area (TPSA) is 20.3 Å². The van der Waals surface area contributed by atoms with E-state index in [1.165, 1.54) is 18.4 Å². The summed E-state index contributed by atoms with van der Waals surface area (Å²) < 4.78 is 0. The molecule has 2 fully saturated rings. The van der Waals surface area contributed by atoms with Gasteiger partial charge in [-0.25, -0.2) is 0 Å². The number of amides is 1. The van der Waals surface area contributed by atoms with Crippen LogP contribution >= 0.6 is 27.5 Å². The number of halogens is 2. The molecule has 1 amide bonds. The molecule has 96 valence electrons. The van der Waals surface area contributed by atoms with Crippen LogP contribution in [0.2, 0.25) is 5.02 Å². The zero-order valence-corrected chi connectivity index (χ0v) is 12.4. The van der Waals surface area contributed by atoms with Gasteiger partial charge in [0.25, 0.3) is 0 Å². The first kappa shape index (κ1) is 12.5. The summed E-state index contributed by atoms with van der Waals surface area (Å²) in [4.78, 5) is 14.2. The molecule has 0 radical (unpaired) electrons. The molecule has 2 aliphatic rings. The average molecular weight is 329 g/mol. The monoisotopic (exact) mass is 327 g/mol. The zero-order chi connectivity index (χ0) is 12.8. The summed E-state index contributed by atoms with van der Waals surface area (Å²) in [5.74, 6) is 0.275. The van der Waals surface area contributed by atoms with Crippen LogP contribution < -0.4 is 0 Å². The highest BCUT2D eigenvalue weighted by Crippen LogP contribution is 2.49. The van der Waals surface area contributed by atoms with Gasteiger partial charge in [0.15, 0.2) is 0 Å².